The van der Waals surface area contributed by atoms with Crippen LogP contribution in [0.4, 0.5) is 0 Å². The van der Waals surface area contributed by atoms with Crippen LogP contribution in [0.25, 0.3) is 6.08 Å². The van der Waals surface area contributed by atoms with Crippen molar-refractivity contribution >= 4 is 18.0 Å². The van der Waals surface area contributed by atoms with E-state index < -0.39 is 5.97 Å². The molecule has 0 saturated heterocycles. The van der Waals surface area contributed by atoms with E-state index in [4.69, 9.17) is 5.11 Å². The SMILES string of the molecule is CCNC(=O)c1ccc(/C=C/C(=O)O)cc1. The number of aliphatic carboxylic acids is 1. The number of carboxylic acid groups (broad SMARTS) is 1. The van der Waals surface area contributed by atoms with E-state index in [-0.39, 0.29) is 5.91 Å². The van der Waals surface area contributed by atoms with Gasteiger partial charge in [-0.3, -0.25) is 4.79 Å². The largest absolute Gasteiger partial charge is 0.478 e. The summed E-state index contributed by atoms with van der Waals surface area (Å²) in [7, 11) is 0. The summed E-state index contributed by atoms with van der Waals surface area (Å²) in [5.74, 6) is -1.12. The Labute approximate surface area is 93.6 Å². The minimum Gasteiger partial charge on any atom is -0.478 e. The molecule has 0 aliphatic heterocycles. The molecule has 2 N–H and O–H groups in total. The molecule has 84 valence electrons. The van der Waals surface area contributed by atoms with E-state index in [1.165, 1.54) is 6.08 Å². The van der Waals surface area contributed by atoms with E-state index >= 15 is 0 Å². The average Bonchev–Trinajstić information content (AvgIpc) is 2.27. The van der Waals surface area contributed by atoms with Crippen LogP contribution in [-0.4, -0.2) is 23.5 Å². The van der Waals surface area contributed by atoms with Gasteiger partial charge in [-0.1, -0.05) is 12.1 Å². The van der Waals surface area contributed by atoms with Crippen molar-refractivity contribution in [2.75, 3.05) is 6.54 Å². The zero-order valence-corrected chi connectivity index (χ0v) is 8.93. The summed E-state index contributed by atoms with van der Waals surface area (Å²) in [6.45, 7) is 2.43. The summed E-state index contributed by atoms with van der Waals surface area (Å²) in [4.78, 5) is 21.7. The third-order valence-corrected chi connectivity index (χ3v) is 1.93. The molecule has 1 amide bonds. The first kappa shape index (κ1) is 12.0. The Bertz CT molecular complexity index is 407. The monoisotopic (exact) mass is 219 g/mol. The fraction of sp³-hybridized carbons (Fsp3) is 0.167. The normalized spacial score (nSPS) is 10.3. The van der Waals surface area contributed by atoms with Crippen LogP contribution in [0.5, 0.6) is 0 Å². The van der Waals surface area contributed by atoms with Crippen molar-refractivity contribution < 1.29 is 14.7 Å². The molecule has 0 aliphatic carbocycles. The molecule has 0 atom stereocenters. The summed E-state index contributed by atoms with van der Waals surface area (Å²) >= 11 is 0. The van der Waals surface area contributed by atoms with Gasteiger partial charge in [-0.2, -0.15) is 0 Å². The van der Waals surface area contributed by atoms with E-state index in [0.29, 0.717) is 12.1 Å². The van der Waals surface area contributed by atoms with Crippen molar-refractivity contribution in [1.82, 2.24) is 5.32 Å². The second kappa shape index (κ2) is 5.70. The molecule has 1 rings (SSSR count). The van der Waals surface area contributed by atoms with Gasteiger partial charge in [0.25, 0.3) is 5.91 Å². The third kappa shape index (κ3) is 3.57. The minimum absolute atomic E-state index is 0.128. The zero-order chi connectivity index (χ0) is 12.0. The molecule has 0 aliphatic rings. The first-order valence-corrected chi connectivity index (χ1v) is 4.92. The van der Waals surface area contributed by atoms with Crippen molar-refractivity contribution in [3.63, 3.8) is 0 Å². The summed E-state index contributed by atoms with van der Waals surface area (Å²) in [5.41, 5.74) is 1.31. The molecule has 1 aromatic carbocycles. The van der Waals surface area contributed by atoms with Gasteiger partial charge in [0.1, 0.15) is 0 Å². The summed E-state index contributed by atoms with van der Waals surface area (Å²) in [5, 5.41) is 11.1. The fourth-order valence-electron chi connectivity index (χ4n) is 1.18. The van der Waals surface area contributed by atoms with Gasteiger partial charge in [-0.15, -0.1) is 0 Å². The molecule has 0 heterocycles. The van der Waals surface area contributed by atoms with Crippen LogP contribution in [0.15, 0.2) is 30.3 Å². The molecule has 0 fully saturated rings. The van der Waals surface area contributed by atoms with Crippen LogP contribution < -0.4 is 5.32 Å². The lowest BCUT2D eigenvalue weighted by molar-refractivity contribution is -0.131. The van der Waals surface area contributed by atoms with Gasteiger partial charge < -0.3 is 10.4 Å². The molecule has 16 heavy (non-hydrogen) atoms. The van der Waals surface area contributed by atoms with Gasteiger partial charge in [-0.25, -0.2) is 4.79 Å². The lowest BCUT2D eigenvalue weighted by Crippen LogP contribution is -2.22. The van der Waals surface area contributed by atoms with Gasteiger partial charge in [-0.05, 0) is 30.7 Å². The maximum absolute atomic E-state index is 11.4. The van der Waals surface area contributed by atoms with E-state index in [9.17, 15) is 9.59 Å². The van der Waals surface area contributed by atoms with Crippen molar-refractivity contribution in [3.8, 4) is 0 Å². The Morgan fingerprint density at radius 1 is 1.31 bits per heavy atom. The van der Waals surface area contributed by atoms with E-state index in [1.807, 2.05) is 6.92 Å². The standard InChI is InChI=1S/C12H13NO3/c1-2-13-12(16)10-6-3-9(4-7-10)5-8-11(14)15/h3-8H,2H2,1H3,(H,13,16)(H,14,15)/b8-5+. The van der Waals surface area contributed by atoms with Crippen LogP contribution in [0.2, 0.25) is 0 Å². The van der Waals surface area contributed by atoms with Crippen molar-refractivity contribution in [1.29, 1.82) is 0 Å². The smallest absolute Gasteiger partial charge is 0.328 e. The molecule has 0 aromatic heterocycles. The Hall–Kier alpha value is -2.10. The van der Waals surface area contributed by atoms with E-state index in [2.05, 4.69) is 5.32 Å². The predicted octanol–water partition coefficient (Wildman–Crippen LogP) is 1.53. The van der Waals surface area contributed by atoms with Crippen molar-refractivity contribution in [2.45, 2.75) is 6.92 Å². The molecule has 0 bridgehead atoms. The second-order valence-electron chi connectivity index (χ2n) is 3.15. The quantitative estimate of drug-likeness (QED) is 0.755. The van der Waals surface area contributed by atoms with Crippen LogP contribution >= 0.6 is 0 Å². The van der Waals surface area contributed by atoms with Gasteiger partial charge in [0, 0.05) is 18.2 Å². The van der Waals surface area contributed by atoms with Crippen LogP contribution in [-0.2, 0) is 4.79 Å². The molecule has 0 unspecified atom stereocenters. The Kier molecular flexibility index (Phi) is 4.27. The van der Waals surface area contributed by atoms with Crippen molar-refractivity contribution in [3.05, 3.63) is 41.5 Å². The molecule has 1 aromatic rings. The Morgan fingerprint density at radius 3 is 2.44 bits per heavy atom. The molecule has 4 nitrogen and oxygen atoms in total. The van der Waals surface area contributed by atoms with Crippen LogP contribution in [0.1, 0.15) is 22.8 Å². The highest BCUT2D eigenvalue weighted by molar-refractivity contribution is 5.94. The highest BCUT2D eigenvalue weighted by Crippen LogP contribution is 2.06. The number of carbonyl (C=O) groups is 2. The number of nitrogens with one attached hydrogen (secondary N) is 1. The first-order chi connectivity index (χ1) is 7.63. The maximum Gasteiger partial charge on any atom is 0.328 e. The number of benzene rings is 1. The van der Waals surface area contributed by atoms with E-state index in [0.717, 1.165) is 11.6 Å². The number of amides is 1. The third-order valence-electron chi connectivity index (χ3n) is 1.93. The number of carboxylic acids is 1. The summed E-state index contributed by atoms with van der Waals surface area (Å²) < 4.78 is 0. The number of hydrogen-bond acceptors (Lipinski definition) is 2. The maximum atomic E-state index is 11.4. The second-order valence-corrected chi connectivity index (χ2v) is 3.15. The predicted molar refractivity (Wildman–Crippen MR) is 61.1 cm³/mol. The molecule has 0 saturated carbocycles. The molecular formula is C12H13NO3. The van der Waals surface area contributed by atoms with Crippen molar-refractivity contribution in [2.24, 2.45) is 0 Å². The first-order valence-electron chi connectivity index (χ1n) is 4.92. The van der Waals surface area contributed by atoms with Crippen LogP contribution in [0, 0.1) is 0 Å². The zero-order valence-electron chi connectivity index (χ0n) is 8.93. The molecule has 0 radical (unpaired) electrons. The Morgan fingerprint density at radius 2 is 1.94 bits per heavy atom. The van der Waals surface area contributed by atoms with Gasteiger partial charge in [0.15, 0.2) is 0 Å². The Balaban J connectivity index is 2.75. The number of carbonyl (C=O) groups excluding carboxylic acids is 1. The number of rotatable bonds is 4. The van der Waals surface area contributed by atoms with Gasteiger partial charge in [0.2, 0.25) is 0 Å². The van der Waals surface area contributed by atoms with Gasteiger partial charge >= 0.3 is 5.97 Å². The fourth-order valence-corrected chi connectivity index (χ4v) is 1.18. The summed E-state index contributed by atoms with van der Waals surface area (Å²) in [6, 6.07) is 6.72. The topological polar surface area (TPSA) is 66.4 Å². The molecular weight excluding hydrogens is 206 g/mol. The minimum atomic E-state index is -0.993. The highest BCUT2D eigenvalue weighted by atomic mass is 16.4. The lowest BCUT2D eigenvalue weighted by atomic mass is 10.1. The average molecular weight is 219 g/mol. The van der Waals surface area contributed by atoms with Crippen LogP contribution in [0.3, 0.4) is 0 Å². The summed E-state index contributed by atoms with van der Waals surface area (Å²) in [6.07, 6.45) is 2.53. The highest BCUT2D eigenvalue weighted by Gasteiger charge is 2.02. The number of hydrogen-bond donors (Lipinski definition) is 2. The van der Waals surface area contributed by atoms with Gasteiger partial charge in [0.05, 0.1) is 0 Å². The molecule has 4 heteroatoms. The van der Waals surface area contributed by atoms with E-state index in [1.54, 1.807) is 24.3 Å². The molecule has 0 spiro atoms. The lowest BCUT2D eigenvalue weighted by Gasteiger charge is -2.01.